The van der Waals surface area contributed by atoms with Gasteiger partial charge in [-0.05, 0) is 31.2 Å². The molecule has 0 atom stereocenters. The van der Waals surface area contributed by atoms with Gasteiger partial charge in [0, 0.05) is 10.6 Å². The third-order valence-corrected chi connectivity index (χ3v) is 7.31. The number of nitrogens with zero attached hydrogens (tertiary/aromatic N) is 1. The summed E-state index contributed by atoms with van der Waals surface area (Å²) in [5.74, 6) is 0.0721. The monoisotopic (exact) mass is 427 g/mol. The Kier molecular flexibility index (Phi) is 6.23. The molecule has 1 heterocycles. The molecule has 0 bridgehead atoms. The Morgan fingerprint density at radius 3 is 2.48 bits per heavy atom. The maximum absolute atomic E-state index is 12.9. The van der Waals surface area contributed by atoms with Crippen molar-refractivity contribution >= 4 is 39.0 Å². The van der Waals surface area contributed by atoms with E-state index in [9.17, 15) is 13.2 Å². The van der Waals surface area contributed by atoms with Crippen LogP contribution in [0.1, 0.15) is 15.9 Å². The summed E-state index contributed by atoms with van der Waals surface area (Å²) in [6.45, 7) is 4.11. The topological polar surface area (TPSA) is 58.9 Å². The minimum atomic E-state index is -3.71. The number of aryl methyl sites for hydroxylation is 1. The van der Waals surface area contributed by atoms with Crippen molar-refractivity contribution in [2.75, 3.05) is 32.7 Å². The lowest BCUT2D eigenvalue weighted by molar-refractivity contribution is -0.895. The molecule has 0 aromatic heterocycles. The summed E-state index contributed by atoms with van der Waals surface area (Å²) >= 11 is 12.0. The molecule has 144 valence electrons. The number of quaternary nitrogens is 1. The van der Waals surface area contributed by atoms with E-state index in [1.54, 1.807) is 6.07 Å². The SMILES string of the molecule is Cc1cccc(C(=O)C[NH+]2CCN(S(=O)(=O)c3cc(Cl)ccc3Cl)CC2)c1. The second kappa shape index (κ2) is 8.29. The van der Waals surface area contributed by atoms with Gasteiger partial charge in [0.05, 0.1) is 31.2 Å². The van der Waals surface area contributed by atoms with E-state index in [0.29, 0.717) is 43.3 Å². The van der Waals surface area contributed by atoms with Crippen LogP contribution in [-0.2, 0) is 10.0 Å². The van der Waals surface area contributed by atoms with Crippen LogP contribution in [0.25, 0.3) is 0 Å². The molecule has 0 unspecified atom stereocenters. The number of carbonyl (C=O) groups excluding carboxylic acids is 1. The van der Waals surface area contributed by atoms with E-state index in [2.05, 4.69) is 0 Å². The Morgan fingerprint density at radius 2 is 1.81 bits per heavy atom. The quantitative estimate of drug-likeness (QED) is 0.742. The van der Waals surface area contributed by atoms with Gasteiger partial charge in [-0.2, -0.15) is 4.31 Å². The second-order valence-electron chi connectivity index (χ2n) is 6.70. The molecule has 0 amide bonds. The third-order valence-electron chi connectivity index (χ3n) is 4.69. The van der Waals surface area contributed by atoms with Crippen LogP contribution in [0.4, 0.5) is 0 Å². The van der Waals surface area contributed by atoms with E-state index >= 15 is 0 Å². The largest absolute Gasteiger partial charge is 0.326 e. The Bertz CT molecular complexity index is 955. The van der Waals surface area contributed by atoms with Crippen molar-refractivity contribution in [2.45, 2.75) is 11.8 Å². The fourth-order valence-electron chi connectivity index (χ4n) is 3.18. The van der Waals surface area contributed by atoms with Gasteiger partial charge < -0.3 is 4.90 Å². The van der Waals surface area contributed by atoms with Crippen LogP contribution in [0.15, 0.2) is 47.4 Å². The molecule has 0 saturated carbocycles. The van der Waals surface area contributed by atoms with E-state index in [0.717, 1.165) is 10.5 Å². The van der Waals surface area contributed by atoms with Crippen LogP contribution in [0, 0.1) is 6.92 Å². The fraction of sp³-hybridized carbons (Fsp3) is 0.316. The summed E-state index contributed by atoms with van der Waals surface area (Å²) in [5.41, 5.74) is 1.74. The summed E-state index contributed by atoms with van der Waals surface area (Å²) in [7, 11) is -3.71. The number of halogens is 2. The minimum Gasteiger partial charge on any atom is -0.326 e. The molecule has 0 aliphatic carbocycles. The van der Waals surface area contributed by atoms with Crippen molar-refractivity contribution in [3.05, 3.63) is 63.6 Å². The highest BCUT2D eigenvalue weighted by Gasteiger charge is 2.32. The molecule has 0 radical (unpaired) electrons. The van der Waals surface area contributed by atoms with E-state index in [-0.39, 0.29) is 15.7 Å². The fourth-order valence-corrected chi connectivity index (χ4v) is 5.36. The van der Waals surface area contributed by atoms with Crippen LogP contribution >= 0.6 is 23.2 Å². The average molecular weight is 428 g/mol. The van der Waals surface area contributed by atoms with Gasteiger partial charge in [-0.15, -0.1) is 0 Å². The number of benzene rings is 2. The number of carbonyl (C=O) groups is 1. The zero-order valence-corrected chi connectivity index (χ0v) is 17.2. The molecule has 5 nitrogen and oxygen atoms in total. The van der Waals surface area contributed by atoms with E-state index < -0.39 is 10.0 Å². The Morgan fingerprint density at radius 1 is 1.11 bits per heavy atom. The van der Waals surface area contributed by atoms with Crippen molar-refractivity contribution in [3.63, 3.8) is 0 Å². The first-order valence-corrected chi connectivity index (χ1v) is 10.9. The summed E-state index contributed by atoms with van der Waals surface area (Å²) < 4.78 is 27.1. The number of sulfonamides is 1. The lowest BCUT2D eigenvalue weighted by atomic mass is 10.1. The number of nitrogens with one attached hydrogen (secondary N) is 1. The lowest BCUT2D eigenvalue weighted by Gasteiger charge is -2.31. The predicted molar refractivity (Wildman–Crippen MR) is 106 cm³/mol. The van der Waals surface area contributed by atoms with Gasteiger partial charge in [-0.1, -0.05) is 47.0 Å². The van der Waals surface area contributed by atoms with Crippen LogP contribution in [0.2, 0.25) is 10.0 Å². The zero-order chi connectivity index (χ0) is 19.6. The molecule has 1 fully saturated rings. The highest BCUT2D eigenvalue weighted by atomic mass is 35.5. The maximum Gasteiger partial charge on any atom is 0.245 e. The van der Waals surface area contributed by atoms with Gasteiger partial charge in [0.25, 0.3) is 0 Å². The van der Waals surface area contributed by atoms with Crippen LogP contribution in [0.5, 0.6) is 0 Å². The van der Waals surface area contributed by atoms with E-state index in [1.807, 2.05) is 31.2 Å². The third kappa shape index (κ3) is 4.70. The Labute approximate surface area is 169 Å². The van der Waals surface area contributed by atoms with Gasteiger partial charge in [-0.3, -0.25) is 4.79 Å². The van der Waals surface area contributed by atoms with Gasteiger partial charge in [0.1, 0.15) is 11.4 Å². The first kappa shape index (κ1) is 20.3. The molecule has 2 aromatic rings. The molecule has 8 heteroatoms. The number of Topliss-reactive ketones (excluding diaryl/α,β-unsaturated/α-hetero) is 1. The molecule has 1 aliphatic rings. The molecule has 27 heavy (non-hydrogen) atoms. The number of ketones is 1. The zero-order valence-electron chi connectivity index (χ0n) is 14.9. The van der Waals surface area contributed by atoms with E-state index in [1.165, 1.54) is 16.4 Å². The lowest BCUT2D eigenvalue weighted by Crippen LogP contribution is -3.15. The number of hydrogen-bond acceptors (Lipinski definition) is 3. The van der Waals surface area contributed by atoms with Crippen molar-refractivity contribution in [3.8, 4) is 0 Å². The van der Waals surface area contributed by atoms with Crippen molar-refractivity contribution in [1.29, 1.82) is 0 Å². The van der Waals surface area contributed by atoms with Crippen LogP contribution in [0.3, 0.4) is 0 Å². The second-order valence-corrected chi connectivity index (χ2v) is 9.45. The summed E-state index contributed by atoms with van der Waals surface area (Å²) in [5, 5.41) is 0.481. The van der Waals surface area contributed by atoms with E-state index in [4.69, 9.17) is 23.2 Å². The molecule has 1 saturated heterocycles. The standard InChI is InChI=1S/C19H20Cl2N2O3S/c1-14-3-2-4-15(11-14)18(24)13-22-7-9-23(10-8-22)27(25,26)19-12-16(20)5-6-17(19)21/h2-6,11-12H,7-10,13H2,1H3/p+1. The highest BCUT2D eigenvalue weighted by Crippen LogP contribution is 2.27. The predicted octanol–water partition coefficient (Wildman–Crippen LogP) is 2.07. The molecular formula is C19H21Cl2N2O3S+. The molecule has 0 spiro atoms. The number of rotatable bonds is 5. The van der Waals surface area contributed by atoms with Crippen LogP contribution < -0.4 is 4.90 Å². The van der Waals surface area contributed by atoms with Crippen molar-refractivity contribution < 1.29 is 18.1 Å². The Balaban J connectivity index is 1.65. The van der Waals surface area contributed by atoms with Gasteiger partial charge in [-0.25, -0.2) is 8.42 Å². The molecule has 2 aromatic carbocycles. The average Bonchev–Trinajstić information content (AvgIpc) is 2.64. The van der Waals surface area contributed by atoms with Crippen molar-refractivity contribution in [2.24, 2.45) is 0 Å². The molecule has 3 rings (SSSR count). The Hall–Kier alpha value is -1.44. The number of hydrogen-bond donors (Lipinski definition) is 1. The van der Waals surface area contributed by atoms with Crippen molar-refractivity contribution in [1.82, 2.24) is 4.31 Å². The van der Waals surface area contributed by atoms with Gasteiger partial charge >= 0.3 is 0 Å². The normalized spacial score (nSPS) is 16.4. The minimum absolute atomic E-state index is 0.0240. The summed E-state index contributed by atoms with van der Waals surface area (Å²) in [6, 6.07) is 11.9. The maximum atomic E-state index is 12.9. The highest BCUT2D eigenvalue weighted by molar-refractivity contribution is 7.89. The van der Waals surface area contributed by atoms with Gasteiger partial charge in [0.2, 0.25) is 15.8 Å². The first-order valence-electron chi connectivity index (χ1n) is 8.66. The molecule has 1 N–H and O–H groups in total. The first-order chi connectivity index (χ1) is 12.8. The van der Waals surface area contributed by atoms with Crippen LogP contribution in [-0.4, -0.2) is 51.2 Å². The van der Waals surface area contributed by atoms with Gasteiger partial charge in [0.15, 0.2) is 0 Å². The number of piperazine rings is 1. The molecule has 1 aliphatic heterocycles. The smallest absolute Gasteiger partial charge is 0.245 e. The summed E-state index contributed by atoms with van der Waals surface area (Å²) in [4.78, 5) is 13.6. The summed E-state index contributed by atoms with van der Waals surface area (Å²) in [6.07, 6.45) is 0. The molecular weight excluding hydrogens is 407 g/mol.